The SMILES string of the molecule is c1ccc2c(c1)cc1n2CCn2cncc2-1. The summed E-state index contributed by atoms with van der Waals surface area (Å²) < 4.78 is 4.60. The van der Waals surface area contributed by atoms with Gasteiger partial charge >= 0.3 is 0 Å². The largest absolute Gasteiger partial charge is 0.337 e. The van der Waals surface area contributed by atoms with E-state index in [0.29, 0.717) is 0 Å². The van der Waals surface area contributed by atoms with Gasteiger partial charge in [0, 0.05) is 24.0 Å². The number of aryl methyl sites for hydroxylation is 2. The molecule has 0 unspecified atom stereocenters. The molecular formula is C13H11N3. The molecular weight excluding hydrogens is 198 g/mol. The molecule has 1 aliphatic heterocycles. The van der Waals surface area contributed by atoms with E-state index in [-0.39, 0.29) is 0 Å². The Labute approximate surface area is 93.0 Å². The third kappa shape index (κ3) is 0.902. The second-order valence-corrected chi connectivity index (χ2v) is 4.21. The highest BCUT2D eigenvalue weighted by atomic mass is 15.1. The maximum Gasteiger partial charge on any atom is 0.0951 e. The van der Waals surface area contributed by atoms with Crippen molar-refractivity contribution in [3.8, 4) is 11.4 Å². The first kappa shape index (κ1) is 8.16. The van der Waals surface area contributed by atoms with Crippen LogP contribution in [-0.4, -0.2) is 14.1 Å². The Hall–Kier alpha value is -2.03. The highest BCUT2D eigenvalue weighted by Crippen LogP contribution is 2.30. The van der Waals surface area contributed by atoms with Gasteiger partial charge in [-0.15, -0.1) is 0 Å². The zero-order valence-corrected chi connectivity index (χ0v) is 8.80. The lowest BCUT2D eigenvalue weighted by molar-refractivity contribution is 0.570. The van der Waals surface area contributed by atoms with Crippen molar-refractivity contribution >= 4 is 10.9 Å². The van der Waals surface area contributed by atoms with E-state index in [1.54, 1.807) is 0 Å². The van der Waals surface area contributed by atoms with Crippen LogP contribution >= 0.6 is 0 Å². The smallest absolute Gasteiger partial charge is 0.0951 e. The van der Waals surface area contributed by atoms with E-state index < -0.39 is 0 Å². The maximum atomic E-state index is 4.22. The molecule has 2 aromatic heterocycles. The van der Waals surface area contributed by atoms with Crippen molar-refractivity contribution in [1.29, 1.82) is 0 Å². The normalized spacial score (nSPS) is 13.8. The number of hydrogen-bond acceptors (Lipinski definition) is 1. The van der Waals surface area contributed by atoms with E-state index in [0.717, 1.165) is 13.1 Å². The topological polar surface area (TPSA) is 22.8 Å². The fraction of sp³-hybridized carbons (Fsp3) is 0.154. The molecule has 4 rings (SSSR count). The van der Waals surface area contributed by atoms with Crippen LogP contribution in [-0.2, 0) is 13.1 Å². The van der Waals surface area contributed by atoms with Gasteiger partial charge in [0.1, 0.15) is 0 Å². The van der Waals surface area contributed by atoms with Crippen LogP contribution in [0.2, 0.25) is 0 Å². The molecule has 3 heteroatoms. The molecule has 0 atom stereocenters. The highest BCUT2D eigenvalue weighted by molar-refractivity contribution is 5.86. The second-order valence-electron chi connectivity index (χ2n) is 4.21. The molecule has 16 heavy (non-hydrogen) atoms. The molecule has 0 saturated carbocycles. The summed E-state index contributed by atoms with van der Waals surface area (Å²) in [6.07, 6.45) is 3.86. The molecule has 0 bridgehead atoms. The number of imidazole rings is 1. The molecule has 78 valence electrons. The summed E-state index contributed by atoms with van der Waals surface area (Å²) in [6, 6.07) is 10.8. The van der Waals surface area contributed by atoms with Crippen LogP contribution < -0.4 is 0 Å². The van der Waals surface area contributed by atoms with Crippen molar-refractivity contribution in [2.45, 2.75) is 13.1 Å². The molecule has 0 fully saturated rings. The van der Waals surface area contributed by atoms with E-state index in [1.807, 2.05) is 12.5 Å². The van der Waals surface area contributed by atoms with Crippen LogP contribution in [0.4, 0.5) is 0 Å². The average molecular weight is 209 g/mol. The number of hydrogen-bond donors (Lipinski definition) is 0. The third-order valence-corrected chi connectivity index (χ3v) is 3.35. The fourth-order valence-electron chi connectivity index (χ4n) is 2.58. The number of nitrogens with zero attached hydrogens (tertiary/aromatic N) is 3. The van der Waals surface area contributed by atoms with Crippen molar-refractivity contribution in [2.75, 3.05) is 0 Å². The number of rotatable bonds is 0. The molecule has 3 nitrogen and oxygen atoms in total. The van der Waals surface area contributed by atoms with Gasteiger partial charge < -0.3 is 9.13 Å². The zero-order valence-electron chi connectivity index (χ0n) is 8.80. The summed E-state index contributed by atoms with van der Waals surface area (Å²) in [5.41, 5.74) is 3.83. The Morgan fingerprint density at radius 1 is 1.06 bits per heavy atom. The van der Waals surface area contributed by atoms with Crippen LogP contribution in [0.1, 0.15) is 0 Å². The Morgan fingerprint density at radius 2 is 2.00 bits per heavy atom. The van der Waals surface area contributed by atoms with Crippen LogP contribution in [0.5, 0.6) is 0 Å². The average Bonchev–Trinajstić information content (AvgIpc) is 2.92. The highest BCUT2D eigenvalue weighted by Gasteiger charge is 2.17. The van der Waals surface area contributed by atoms with Gasteiger partial charge in [-0.3, -0.25) is 0 Å². The first-order valence-electron chi connectivity index (χ1n) is 5.52. The van der Waals surface area contributed by atoms with Gasteiger partial charge in [0.05, 0.1) is 23.9 Å². The number of para-hydroxylation sites is 1. The van der Waals surface area contributed by atoms with Gasteiger partial charge in [-0.25, -0.2) is 4.98 Å². The molecule has 0 saturated heterocycles. The maximum absolute atomic E-state index is 4.22. The molecule has 0 spiro atoms. The molecule has 0 amide bonds. The molecule has 3 heterocycles. The Balaban J connectivity index is 2.13. The van der Waals surface area contributed by atoms with Crippen LogP contribution in [0.3, 0.4) is 0 Å². The molecule has 3 aromatic rings. The summed E-state index contributed by atoms with van der Waals surface area (Å²) in [6.45, 7) is 2.05. The molecule has 0 N–H and O–H groups in total. The number of benzene rings is 1. The lowest BCUT2D eigenvalue weighted by Crippen LogP contribution is -2.14. The Kier molecular flexibility index (Phi) is 1.41. The van der Waals surface area contributed by atoms with E-state index in [4.69, 9.17) is 0 Å². The predicted octanol–water partition coefficient (Wildman–Crippen LogP) is 2.52. The summed E-state index contributed by atoms with van der Waals surface area (Å²) in [7, 11) is 0. The fourth-order valence-corrected chi connectivity index (χ4v) is 2.58. The van der Waals surface area contributed by atoms with Crippen molar-refractivity contribution < 1.29 is 0 Å². The lowest BCUT2D eigenvalue weighted by atomic mass is 10.2. The van der Waals surface area contributed by atoms with E-state index in [2.05, 4.69) is 44.5 Å². The molecule has 0 aliphatic carbocycles. The summed E-state index contributed by atoms with van der Waals surface area (Å²) >= 11 is 0. The monoisotopic (exact) mass is 209 g/mol. The molecule has 1 aromatic carbocycles. The second kappa shape index (κ2) is 2.76. The first-order valence-corrected chi connectivity index (χ1v) is 5.52. The third-order valence-electron chi connectivity index (χ3n) is 3.35. The standard InChI is InChI=1S/C13H11N3/c1-2-4-11-10(3-1)7-12-13-8-14-9-15(13)5-6-16(11)12/h1-4,7-9H,5-6H2. The van der Waals surface area contributed by atoms with Gasteiger partial charge in [0.2, 0.25) is 0 Å². The first-order chi connectivity index (χ1) is 7.93. The van der Waals surface area contributed by atoms with E-state index >= 15 is 0 Å². The van der Waals surface area contributed by atoms with Crippen LogP contribution in [0.25, 0.3) is 22.3 Å². The molecule has 1 aliphatic rings. The van der Waals surface area contributed by atoms with Gasteiger partial charge in [-0.05, 0) is 12.1 Å². The van der Waals surface area contributed by atoms with Crippen molar-refractivity contribution in [3.05, 3.63) is 42.9 Å². The minimum absolute atomic E-state index is 1.01. The van der Waals surface area contributed by atoms with E-state index in [9.17, 15) is 0 Å². The van der Waals surface area contributed by atoms with Crippen molar-refractivity contribution in [1.82, 2.24) is 14.1 Å². The summed E-state index contributed by atoms with van der Waals surface area (Å²) in [5.74, 6) is 0. The van der Waals surface area contributed by atoms with Gasteiger partial charge in [0.25, 0.3) is 0 Å². The van der Waals surface area contributed by atoms with Gasteiger partial charge in [-0.1, -0.05) is 18.2 Å². The Bertz CT molecular complexity index is 675. The van der Waals surface area contributed by atoms with Gasteiger partial charge in [0.15, 0.2) is 0 Å². The van der Waals surface area contributed by atoms with Gasteiger partial charge in [-0.2, -0.15) is 0 Å². The van der Waals surface area contributed by atoms with E-state index in [1.165, 1.54) is 22.3 Å². The quantitative estimate of drug-likeness (QED) is 0.558. The Morgan fingerprint density at radius 3 is 3.00 bits per heavy atom. The summed E-state index contributed by atoms with van der Waals surface area (Å²) in [4.78, 5) is 4.22. The predicted molar refractivity (Wildman–Crippen MR) is 63.2 cm³/mol. The number of fused-ring (bicyclic) bond motifs is 5. The van der Waals surface area contributed by atoms with Crippen LogP contribution in [0.15, 0.2) is 42.9 Å². The van der Waals surface area contributed by atoms with Crippen molar-refractivity contribution in [3.63, 3.8) is 0 Å². The zero-order chi connectivity index (χ0) is 10.5. The summed E-state index contributed by atoms with van der Waals surface area (Å²) in [5, 5.41) is 1.31. The van der Waals surface area contributed by atoms with Crippen LogP contribution in [0, 0.1) is 0 Å². The lowest BCUT2D eigenvalue weighted by Gasteiger charge is -2.18. The minimum atomic E-state index is 1.01. The minimum Gasteiger partial charge on any atom is -0.337 e. The number of aromatic nitrogens is 3. The molecule has 0 radical (unpaired) electrons. The van der Waals surface area contributed by atoms with Crippen molar-refractivity contribution in [2.24, 2.45) is 0 Å².